The van der Waals surface area contributed by atoms with Crippen LogP contribution in [0.15, 0.2) is 52.7 Å². The smallest absolute Gasteiger partial charge is 0.226 e. The number of aromatic nitrogens is 1. The van der Waals surface area contributed by atoms with Crippen LogP contribution in [-0.2, 0) is 4.79 Å². The van der Waals surface area contributed by atoms with Crippen LogP contribution >= 0.6 is 57.9 Å². The Morgan fingerprint density at radius 2 is 1.85 bits per heavy atom. The molecule has 1 N–H and O–H groups in total. The Hall–Kier alpha value is -1.24. The molecule has 3 aromatic rings. The molecule has 27 heavy (non-hydrogen) atoms. The topological polar surface area (TPSA) is 42.0 Å². The molecule has 8 heteroatoms. The van der Waals surface area contributed by atoms with E-state index in [4.69, 9.17) is 34.8 Å². The van der Waals surface area contributed by atoms with Gasteiger partial charge in [0.1, 0.15) is 0 Å². The number of carbonyl (C=O) groups excluding carboxylic acids is 1. The van der Waals surface area contributed by atoms with Crippen LogP contribution < -0.4 is 5.32 Å². The molecule has 0 unspecified atom stereocenters. The summed E-state index contributed by atoms with van der Waals surface area (Å²) in [6, 6.07) is 13.0. The van der Waals surface area contributed by atoms with E-state index in [0.29, 0.717) is 21.6 Å². The van der Waals surface area contributed by atoms with Gasteiger partial charge in [0.05, 0.1) is 15.7 Å². The molecule has 1 heterocycles. The standard InChI is InChI=1S/C19H15Cl3N2OS2/c20-13-4-6-14(7-5-13)26-9-1-2-18(25)24-19-23-17(11-27-19)12-3-8-15(21)16(22)10-12/h3-8,10-11H,1-2,9H2,(H,23,24,25). The van der Waals surface area contributed by atoms with E-state index >= 15 is 0 Å². The molecule has 1 amide bonds. The molecule has 3 rings (SSSR count). The van der Waals surface area contributed by atoms with E-state index in [9.17, 15) is 4.79 Å². The summed E-state index contributed by atoms with van der Waals surface area (Å²) >= 11 is 20.9. The molecule has 0 radical (unpaired) electrons. The molecule has 0 aliphatic carbocycles. The molecule has 1 aromatic heterocycles. The number of hydrogen-bond donors (Lipinski definition) is 1. The molecule has 0 atom stereocenters. The van der Waals surface area contributed by atoms with Crippen LogP contribution in [0.25, 0.3) is 11.3 Å². The quantitative estimate of drug-likeness (QED) is 0.299. The minimum absolute atomic E-state index is 0.0401. The number of rotatable bonds is 7. The Labute approximate surface area is 181 Å². The van der Waals surface area contributed by atoms with E-state index in [1.807, 2.05) is 35.7 Å². The Morgan fingerprint density at radius 3 is 2.59 bits per heavy atom. The van der Waals surface area contributed by atoms with E-state index in [2.05, 4.69) is 10.3 Å². The number of amides is 1. The van der Waals surface area contributed by atoms with Gasteiger partial charge in [0.25, 0.3) is 0 Å². The van der Waals surface area contributed by atoms with Gasteiger partial charge in [0.2, 0.25) is 5.91 Å². The molecule has 140 valence electrons. The first-order valence-corrected chi connectivity index (χ1v) is 11.1. The van der Waals surface area contributed by atoms with Crippen LogP contribution in [-0.4, -0.2) is 16.6 Å². The number of thioether (sulfide) groups is 1. The Bertz CT molecular complexity index is 929. The molecule has 0 aliphatic rings. The number of thiazole rings is 1. The van der Waals surface area contributed by atoms with Crippen molar-refractivity contribution in [1.29, 1.82) is 0 Å². The molecular formula is C19H15Cl3N2OS2. The first-order valence-electron chi connectivity index (χ1n) is 8.10. The summed E-state index contributed by atoms with van der Waals surface area (Å²) in [6.07, 6.45) is 1.23. The van der Waals surface area contributed by atoms with Gasteiger partial charge in [-0.05, 0) is 48.6 Å². The summed E-state index contributed by atoms with van der Waals surface area (Å²) in [5, 5.41) is 7.01. The maximum atomic E-state index is 12.1. The molecule has 0 saturated heterocycles. The zero-order valence-electron chi connectivity index (χ0n) is 14.0. The third-order valence-electron chi connectivity index (χ3n) is 3.60. The summed E-state index contributed by atoms with van der Waals surface area (Å²) in [7, 11) is 0. The van der Waals surface area contributed by atoms with Crippen molar-refractivity contribution in [2.45, 2.75) is 17.7 Å². The number of nitrogens with one attached hydrogen (secondary N) is 1. The largest absolute Gasteiger partial charge is 0.302 e. The third kappa shape index (κ3) is 6.13. The summed E-state index contributed by atoms with van der Waals surface area (Å²) in [5.41, 5.74) is 1.62. The lowest BCUT2D eigenvalue weighted by molar-refractivity contribution is -0.116. The zero-order chi connectivity index (χ0) is 19.2. The fraction of sp³-hybridized carbons (Fsp3) is 0.158. The second-order valence-electron chi connectivity index (χ2n) is 5.62. The second-order valence-corrected chi connectivity index (χ2v) is 8.90. The van der Waals surface area contributed by atoms with Crippen molar-refractivity contribution in [3.63, 3.8) is 0 Å². The molecule has 2 aromatic carbocycles. The van der Waals surface area contributed by atoms with Crippen molar-refractivity contribution >= 4 is 68.9 Å². The van der Waals surface area contributed by atoms with Crippen molar-refractivity contribution in [1.82, 2.24) is 4.98 Å². The van der Waals surface area contributed by atoms with Crippen molar-refractivity contribution in [2.75, 3.05) is 11.1 Å². The predicted molar refractivity (Wildman–Crippen MR) is 118 cm³/mol. The normalized spacial score (nSPS) is 10.8. The van der Waals surface area contributed by atoms with E-state index in [-0.39, 0.29) is 5.91 Å². The van der Waals surface area contributed by atoms with Gasteiger partial charge in [-0.2, -0.15) is 0 Å². The fourth-order valence-electron chi connectivity index (χ4n) is 2.25. The van der Waals surface area contributed by atoms with E-state index < -0.39 is 0 Å². The SMILES string of the molecule is O=C(CCCSc1ccc(Cl)cc1)Nc1nc(-c2ccc(Cl)c(Cl)c2)cs1. The molecule has 0 bridgehead atoms. The maximum Gasteiger partial charge on any atom is 0.226 e. The van der Waals surface area contributed by atoms with Crippen molar-refractivity contribution in [2.24, 2.45) is 0 Å². The molecular weight excluding hydrogens is 443 g/mol. The highest BCUT2D eigenvalue weighted by atomic mass is 35.5. The highest BCUT2D eigenvalue weighted by molar-refractivity contribution is 7.99. The van der Waals surface area contributed by atoms with E-state index in [0.717, 1.165) is 33.3 Å². The van der Waals surface area contributed by atoms with Gasteiger partial charge in [-0.3, -0.25) is 4.79 Å². The van der Waals surface area contributed by atoms with Crippen LogP contribution in [0.2, 0.25) is 15.1 Å². The van der Waals surface area contributed by atoms with Crippen molar-refractivity contribution < 1.29 is 4.79 Å². The Morgan fingerprint density at radius 1 is 1.07 bits per heavy atom. The van der Waals surface area contributed by atoms with Gasteiger partial charge in [0.15, 0.2) is 5.13 Å². The van der Waals surface area contributed by atoms with Crippen LogP contribution in [0.5, 0.6) is 0 Å². The van der Waals surface area contributed by atoms with Crippen LogP contribution in [0.3, 0.4) is 0 Å². The Kier molecular flexibility index (Phi) is 7.44. The average molecular weight is 458 g/mol. The maximum absolute atomic E-state index is 12.1. The first kappa shape index (κ1) is 20.5. The molecule has 0 fully saturated rings. The summed E-state index contributed by atoms with van der Waals surface area (Å²) < 4.78 is 0. The second kappa shape index (κ2) is 9.80. The molecule has 0 spiro atoms. The third-order valence-corrected chi connectivity index (χ3v) is 6.44. The lowest BCUT2D eigenvalue weighted by Gasteiger charge is -2.03. The molecule has 0 saturated carbocycles. The van der Waals surface area contributed by atoms with Crippen LogP contribution in [0, 0.1) is 0 Å². The van der Waals surface area contributed by atoms with Crippen LogP contribution in [0.4, 0.5) is 5.13 Å². The summed E-state index contributed by atoms with van der Waals surface area (Å²) in [6.45, 7) is 0. The lowest BCUT2D eigenvalue weighted by atomic mass is 10.2. The number of halogens is 3. The summed E-state index contributed by atoms with van der Waals surface area (Å²) in [5.74, 6) is 0.822. The fourth-order valence-corrected chi connectivity index (χ4v) is 4.27. The van der Waals surface area contributed by atoms with Gasteiger partial charge < -0.3 is 5.32 Å². The summed E-state index contributed by atoms with van der Waals surface area (Å²) in [4.78, 5) is 17.7. The average Bonchev–Trinajstić information content (AvgIpc) is 3.11. The van der Waals surface area contributed by atoms with Gasteiger partial charge in [0, 0.05) is 27.3 Å². The number of nitrogens with zero attached hydrogens (tertiary/aromatic N) is 1. The van der Waals surface area contributed by atoms with E-state index in [1.165, 1.54) is 11.3 Å². The molecule has 3 nitrogen and oxygen atoms in total. The van der Waals surface area contributed by atoms with Gasteiger partial charge >= 0.3 is 0 Å². The molecule has 0 aliphatic heterocycles. The van der Waals surface area contributed by atoms with Gasteiger partial charge in [-0.25, -0.2) is 4.98 Å². The number of benzene rings is 2. The monoisotopic (exact) mass is 456 g/mol. The van der Waals surface area contributed by atoms with E-state index in [1.54, 1.807) is 23.9 Å². The zero-order valence-corrected chi connectivity index (χ0v) is 17.9. The first-order chi connectivity index (χ1) is 13.0. The van der Waals surface area contributed by atoms with Gasteiger partial charge in [-0.1, -0.05) is 40.9 Å². The number of carbonyl (C=O) groups is 1. The minimum Gasteiger partial charge on any atom is -0.302 e. The van der Waals surface area contributed by atoms with Crippen LogP contribution in [0.1, 0.15) is 12.8 Å². The minimum atomic E-state index is -0.0401. The highest BCUT2D eigenvalue weighted by Crippen LogP contribution is 2.30. The van der Waals surface area contributed by atoms with Gasteiger partial charge in [-0.15, -0.1) is 23.1 Å². The van der Waals surface area contributed by atoms with Crippen molar-refractivity contribution in [3.05, 3.63) is 62.9 Å². The van der Waals surface area contributed by atoms with Crippen molar-refractivity contribution in [3.8, 4) is 11.3 Å². The number of anilines is 1. The number of hydrogen-bond acceptors (Lipinski definition) is 4. The highest BCUT2D eigenvalue weighted by Gasteiger charge is 2.09. The predicted octanol–water partition coefficient (Wildman–Crippen LogP) is 7.28. The lowest BCUT2D eigenvalue weighted by Crippen LogP contribution is -2.11. The Balaban J connectivity index is 1.46.